The molecule has 2 unspecified atom stereocenters. The van der Waals surface area contributed by atoms with Gasteiger partial charge in [-0.3, -0.25) is 4.79 Å². The summed E-state index contributed by atoms with van der Waals surface area (Å²) in [5.41, 5.74) is 5.32. The van der Waals surface area contributed by atoms with Crippen molar-refractivity contribution in [2.75, 3.05) is 13.1 Å². The van der Waals surface area contributed by atoms with Crippen molar-refractivity contribution < 1.29 is 19.5 Å². The number of aliphatic carboxylic acids is 1. The van der Waals surface area contributed by atoms with E-state index in [9.17, 15) is 14.4 Å². The second-order valence-corrected chi connectivity index (χ2v) is 5.65. The highest BCUT2D eigenvalue weighted by molar-refractivity contribution is 5.84. The first-order valence-corrected chi connectivity index (χ1v) is 7.01. The Bertz CT molecular complexity index is 426. The van der Waals surface area contributed by atoms with Crippen LogP contribution in [0.15, 0.2) is 0 Å². The zero-order valence-corrected chi connectivity index (χ0v) is 11.6. The fraction of sp³-hybridized carbons (Fsp3) is 0.769. The molecule has 0 spiro atoms. The van der Waals surface area contributed by atoms with Crippen LogP contribution in [0.25, 0.3) is 0 Å². The molecule has 0 bridgehead atoms. The molecule has 112 valence electrons. The van der Waals surface area contributed by atoms with Gasteiger partial charge in [-0.05, 0) is 32.6 Å². The van der Waals surface area contributed by atoms with Gasteiger partial charge in [-0.25, -0.2) is 9.59 Å². The smallest absolute Gasteiger partial charge is 0.326 e. The van der Waals surface area contributed by atoms with Crippen LogP contribution in [-0.2, 0) is 9.59 Å². The molecule has 0 aliphatic carbocycles. The van der Waals surface area contributed by atoms with Crippen LogP contribution in [0.4, 0.5) is 4.79 Å². The molecule has 0 aromatic heterocycles. The molecule has 2 aliphatic heterocycles. The van der Waals surface area contributed by atoms with Gasteiger partial charge in [0.05, 0.1) is 5.92 Å². The second-order valence-electron chi connectivity index (χ2n) is 5.65. The molecular formula is C13H21N3O4. The van der Waals surface area contributed by atoms with E-state index in [-0.39, 0.29) is 24.5 Å². The Balaban J connectivity index is 2.10. The quantitative estimate of drug-likeness (QED) is 0.757. The summed E-state index contributed by atoms with van der Waals surface area (Å²) < 4.78 is 0. The maximum Gasteiger partial charge on any atom is 0.326 e. The number of primary amides is 1. The lowest BCUT2D eigenvalue weighted by Gasteiger charge is -2.39. The molecule has 0 saturated carbocycles. The van der Waals surface area contributed by atoms with E-state index in [1.807, 2.05) is 6.92 Å². The largest absolute Gasteiger partial charge is 0.480 e. The van der Waals surface area contributed by atoms with Gasteiger partial charge in [0, 0.05) is 19.1 Å². The number of carbonyl (C=O) groups is 3. The van der Waals surface area contributed by atoms with Gasteiger partial charge in [-0.15, -0.1) is 0 Å². The Kier molecular flexibility index (Phi) is 4.15. The van der Waals surface area contributed by atoms with Crippen LogP contribution in [0.3, 0.4) is 0 Å². The lowest BCUT2D eigenvalue weighted by atomic mass is 9.93. The molecule has 2 rings (SSSR count). The normalized spacial score (nSPS) is 30.4. The Hall–Kier alpha value is -1.79. The summed E-state index contributed by atoms with van der Waals surface area (Å²) in [5.74, 6) is -1.70. The molecule has 3 N–H and O–H groups in total. The van der Waals surface area contributed by atoms with Gasteiger partial charge in [-0.1, -0.05) is 0 Å². The van der Waals surface area contributed by atoms with Crippen molar-refractivity contribution >= 4 is 17.9 Å². The third kappa shape index (κ3) is 2.71. The number of carboxylic acids is 1. The molecule has 2 heterocycles. The van der Waals surface area contributed by atoms with Crippen LogP contribution in [0.5, 0.6) is 0 Å². The summed E-state index contributed by atoms with van der Waals surface area (Å²) in [5, 5.41) is 9.15. The third-order valence-corrected chi connectivity index (χ3v) is 4.31. The summed E-state index contributed by atoms with van der Waals surface area (Å²) in [6.45, 7) is 2.67. The van der Waals surface area contributed by atoms with Crippen molar-refractivity contribution in [2.24, 2.45) is 11.7 Å². The fourth-order valence-corrected chi connectivity index (χ4v) is 3.02. The SMILES string of the molecule is CC1CCC(C(N)=O)CN1C(=O)N1CCC[C@H]1C(=O)O. The van der Waals surface area contributed by atoms with Crippen molar-refractivity contribution in [2.45, 2.75) is 44.7 Å². The van der Waals surface area contributed by atoms with Gasteiger partial charge in [0.25, 0.3) is 0 Å². The van der Waals surface area contributed by atoms with Crippen LogP contribution in [0, 0.1) is 5.92 Å². The first-order chi connectivity index (χ1) is 9.41. The molecule has 3 atom stereocenters. The molecule has 2 saturated heterocycles. The zero-order chi connectivity index (χ0) is 14.9. The molecular weight excluding hydrogens is 262 g/mol. The average Bonchev–Trinajstić information content (AvgIpc) is 2.87. The Morgan fingerprint density at radius 2 is 1.85 bits per heavy atom. The van der Waals surface area contributed by atoms with E-state index < -0.39 is 17.9 Å². The molecule has 2 fully saturated rings. The molecule has 7 nitrogen and oxygen atoms in total. The minimum atomic E-state index is -0.966. The van der Waals surface area contributed by atoms with E-state index in [0.717, 1.165) is 0 Å². The Morgan fingerprint density at radius 1 is 1.15 bits per heavy atom. The van der Waals surface area contributed by atoms with Crippen molar-refractivity contribution in [3.63, 3.8) is 0 Å². The lowest BCUT2D eigenvalue weighted by Crippen LogP contribution is -2.55. The van der Waals surface area contributed by atoms with Gasteiger partial charge >= 0.3 is 12.0 Å². The minimum absolute atomic E-state index is 0.00754. The Labute approximate surface area is 117 Å². The summed E-state index contributed by atoms with van der Waals surface area (Å²) in [6.07, 6.45) is 2.58. The predicted octanol–water partition coefficient (Wildman–Crippen LogP) is 0.241. The number of amides is 3. The molecule has 20 heavy (non-hydrogen) atoms. The van der Waals surface area contributed by atoms with Crippen LogP contribution in [-0.4, -0.2) is 58.0 Å². The predicted molar refractivity (Wildman–Crippen MR) is 70.8 cm³/mol. The number of carbonyl (C=O) groups excluding carboxylic acids is 2. The highest BCUT2D eigenvalue weighted by Crippen LogP contribution is 2.26. The molecule has 0 radical (unpaired) electrons. The maximum absolute atomic E-state index is 12.5. The first kappa shape index (κ1) is 14.6. The zero-order valence-electron chi connectivity index (χ0n) is 11.6. The molecule has 2 aliphatic rings. The van der Waals surface area contributed by atoms with Crippen molar-refractivity contribution in [1.29, 1.82) is 0 Å². The monoisotopic (exact) mass is 283 g/mol. The van der Waals surface area contributed by atoms with Crippen LogP contribution >= 0.6 is 0 Å². The van der Waals surface area contributed by atoms with Crippen LogP contribution < -0.4 is 5.73 Å². The number of nitrogens with zero attached hydrogens (tertiary/aromatic N) is 2. The summed E-state index contributed by atoms with van der Waals surface area (Å²) in [6, 6.07) is -1.02. The summed E-state index contributed by atoms with van der Waals surface area (Å²) in [7, 11) is 0. The standard InChI is InChI=1S/C13H21N3O4/c1-8-4-5-9(11(14)17)7-16(8)13(20)15-6-2-3-10(15)12(18)19/h8-10H,2-7H2,1H3,(H2,14,17)(H,18,19)/t8?,9?,10-/m0/s1. The average molecular weight is 283 g/mol. The number of nitrogens with two attached hydrogens (primary N) is 1. The lowest BCUT2D eigenvalue weighted by molar-refractivity contribution is -0.141. The van der Waals surface area contributed by atoms with Gasteiger partial charge in [-0.2, -0.15) is 0 Å². The number of piperidine rings is 1. The highest BCUT2D eigenvalue weighted by atomic mass is 16.4. The second kappa shape index (κ2) is 5.68. The van der Waals surface area contributed by atoms with Crippen molar-refractivity contribution in [1.82, 2.24) is 9.80 Å². The molecule has 0 aromatic rings. The Morgan fingerprint density at radius 3 is 2.45 bits per heavy atom. The van der Waals surface area contributed by atoms with Gasteiger partial charge in [0.1, 0.15) is 6.04 Å². The number of likely N-dealkylation sites (tertiary alicyclic amines) is 2. The highest BCUT2D eigenvalue weighted by Gasteiger charge is 2.40. The molecule has 3 amide bonds. The number of urea groups is 1. The van der Waals surface area contributed by atoms with Crippen molar-refractivity contribution in [3.8, 4) is 0 Å². The number of hydrogen-bond donors (Lipinski definition) is 2. The summed E-state index contributed by atoms with van der Waals surface area (Å²) in [4.78, 5) is 38.0. The van der Waals surface area contributed by atoms with Crippen molar-refractivity contribution in [3.05, 3.63) is 0 Å². The van der Waals surface area contributed by atoms with E-state index in [1.165, 1.54) is 4.90 Å². The number of carboxylic acid groups (broad SMARTS) is 1. The van der Waals surface area contributed by atoms with Crippen LogP contribution in [0.1, 0.15) is 32.6 Å². The van der Waals surface area contributed by atoms with Gasteiger partial charge in [0.15, 0.2) is 0 Å². The number of hydrogen-bond acceptors (Lipinski definition) is 3. The number of rotatable bonds is 2. The molecule has 7 heteroatoms. The first-order valence-electron chi connectivity index (χ1n) is 7.01. The van der Waals surface area contributed by atoms with Crippen LogP contribution in [0.2, 0.25) is 0 Å². The van der Waals surface area contributed by atoms with E-state index in [1.54, 1.807) is 4.90 Å². The third-order valence-electron chi connectivity index (χ3n) is 4.31. The van der Waals surface area contributed by atoms with Gasteiger partial charge in [0.2, 0.25) is 5.91 Å². The van der Waals surface area contributed by atoms with E-state index in [0.29, 0.717) is 32.2 Å². The molecule has 0 aromatic carbocycles. The van der Waals surface area contributed by atoms with Gasteiger partial charge < -0.3 is 20.6 Å². The fourth-order valence-electron chi connectivity index (χ4n) is 3.02. The topological polar surface area (TPSA) is 104 Å². The van der Waals surface area contributed by atoms with E-state index in [4.69, 9.17) is 10.8 Å². The minimum Gasteiger partial charge on any atom is -0.480 e. The van der Waals surface area contributed by atoms with E-state index >= 15 is 0 Å². The maximum atomic E-state index is 12.5. The summed E-state index contributed by atoms with van der Waals surface area (Å²) >= 11 is 0. The van der Waals surface area contributed by atoms with E-state index in [2.05, 4.69) is 0 Å².